The minimum Gasteiger partial charge on any atom is -0.360 e. The SMILES string of the molecule is CNC(=O)CNc1cnc2ccccc2n1. The van der Waals surface area contributed by atoms with Crippen molar-refractivity contribution in [3.05, 3.63) is 30.5 Å². The number of likely N-dealkylation sites (N-methyl/N-ethyl adjacent to an activating group) is 1. The van der Waals surface area contributed by atoms with Crippen LogP contribution in [0.1, 0.15) is 0 Å². The number of para-hydroxylation sites is 2. The van der Waals surface area contributed by atoms with Crippen LogP contribution in [0.25, 0.3) is 11.0 Å². The van der Waals surface area contributed by atoms with Gasteiger partial charge in [0.05, 0.1) is 23.8 Å². The number of carbonyl (C=O) groups is 1. The maximum Gasteiger partial charge on any atom is 0.239 e. The first kappa shape index (κ1) is 10.4. The highest BCUT2D eigenvalue weighted by molar-refractivity contribution is 5.80. The van der Waals surface area contributed by atoms with Gasteiger partial charge >= 0.3 is 0 Å². The van der Waals surface area contributed by atoms with Crippen LogP contribution in [0.3, 0.4) is 0 Å². The number of hydrogen-bond donors (Lipinski definition) is 2. The van der Waals surface area contributed by atoms with Gasteiger partial charge in [-0.2, -0.15) is 0 Å². The normalized spacial score (nSPS) is 10.1. The molecule has 0 aliphatic rings. The number of rotatable bonds is 3. The third-order valence-corrected chi connectivity index (χ3v) is 2.16. The Bertz CT molecular complexity index is 512. The van der Waals surface area contributed by atoms with E-state index in [1.165, 1.54) is 0 Å². The zero-order chi connectivity index (χ0) is 11.4. The summed E-state index contributed by atoms with van der Waals surface area (Å²) in [4.78, 5) is 19.6. The highest BCUT2D eigenvalue weighted by Crippen LogP contribution is 2.10. The molecule has 1 aromatic heterocycles. The number of fused-ring (bicyclic) bond motifs is 1. The highest BCUT2D eigenvalue weighted by atomic mass is 16.1. The minimum atomic E-state index is -0.0880. The van der Waals surface area contributed by atoms with Crippen LogP contribution < -0.4 is 10.6 Å². The molecule has 5 heteroatoms. The molecule has 0 saturated carbocycles. The molecule has 0 aliphatic carbocycles. The Kier molecular flexibility index (Phi) is 2.95. The van der Waals surface area contributed by atoms with Crippen LogP contribution in [0.5, 0.6) is 0 Å². The van der Waals surface area contributed by atoms with Crippen molar-refractivity contribution in [2.24, 2.45) is 0 Å². The van der Waals surface area contributed by atoms with Gasteiger partial charge in [0.2, 0.25) is 5.91 Å². The molecule has 0 spiro atoms. The lowest BCUT2D eigenvalue weighted by atomic mass is 10.3. The van der Waals surface area contributed by atoms with E-state index in [9.17, 15) is 4.79 Å². The summed E-state index contributed by atoms with van der Waals surface area (Å²) in [6.45, 7) is 0.198. The summed E-state index contributed by atoms with van der Waals surface area (Å²) in [5.74, 6) is 0.511. The Balaban J connectivity index is 2.16. The van der Waals surface area contributed by atoms with Crippen molar-refractivity contribution >= 4 is 22.8 Å². The fraction of sp³-hybridized carbons (Fsp3) is 0.182. The molecule has 1 aromatic carbocycles. The monoisotopic (exact) mass is 216 g/mol. The van der Waals surface area contributed by atoms with Crippen molar-refractivity contribution in [2.45, 2.75) is 0 Å². The Morgan fingerprint density at radius 3 is 2.81 bits per heavy atom. The van der Waals surface area contributed by atoms with Crippen LogP contribution in [0.2, 0.25) is 0 Å². The lowest BCUT2D eigenvalue weighted by molar-refractivity contribution is -0.118. The maximum atomic E-state index is 11.0. The van der Waals surface area contributed by atoms with E-state index >= 15 is 0 Å². The van der Waals surface area contributed by atoms with Crippen LogP contribution >= 0.6 is 0 Å². The summed E-state index contributed by atoms with van der Waals surface area (Å²) in [6.07, 6.45) is 1.62. The second-order valence-electron chi connectivity index (χ2n) is 3.27. The fourth-order valence-corrected chi connectivity index (χ4v) is 1.30. The van der Waals surface area contributed by atoms with Gasteiger partial charge < -0.3 is 10.6 Å². The largest absolute Gasteiger partial charge is 0.360 e. The quantitative estimate of drug-likeness (QED) is 0.796. The first-order valence-corrected chi connectivity index (χ1v) is 4.96. The highest BCUT2D eigenvalue weighted by Gasteiger charge is 2.00. The standard InChI is InChI=1S/C11H12N4O/c1-12-11(16)7-14-10-6-13-8-4-2-3-5-9(8)15-10/h2-6H,7H2,1H3,(H,12,16)(H,14,15). The predicted molar refractivity (Wildman–Crippen MR) is 62.1 cm³/mol. The molecule has 0 radical (unpaired) electrons. The number of amides is 1. The Hall–Kier alpha value is -2.17. The lowest BCUT2D eigenvalue weighted by Gasteiger charge is -2.04. The summed E-state index contributed by atoms with van der Waals surface area (Å²) in [7, 11) is 1.59. The molecule has 2 N–H and O–H groups in total. The van der Waals surface area contributed by atoms with E-state index in [4.69, 9.17) is 0 Å². The van der Waals surface area contributed by atoms with E-state index in [2.05, 4.69) is 20.6 Å². The Morgan fingerprint density at radius 2 is 2.06 bits per heavy atom. The zero-order valence-electron chi connectivity index (χ0n) is 8.90. The number of nitrogens with zero attached hydrogens (tertiary/aromatic N) is 2. The average molecular weight is 216 g/mol. The van der Waals surface area contributed by atoms with Crippen molar-refractivity contribution in [3.63, 3.8) is 0 Å². The van der Waals surface area contributed by atoms with Crippen LogP contribution in [0.4, 0.5) is 5.82 Å². The second-order valence-corrected chi connectivity index (χ2v) is 3.27. The molecule has 2 aromatic rings. The molecule has 1 heterocycles. The summed E-state index contributed by atoms with van der Waals surface area (Å²) in [5, 5.41) is 5.42. The van der Waals surface area contributed by atoms with Gasteiger partial charge in [-0.15, -0.1) is 0 Å². The van der Waals surface area contributed by atoms with E-state index in [-0.39, 0.29) is 12.5 Å². The van der Waals surface area contributed by atoms with Gasteiger partial charge in [0, 0.05) is 7.05 Å². The van der Waals surface area contributed by atoms with Crippen molar-refractivity contribution in [1.29, 1.82) is 0 Å². The van der Waals surface area contributed by atoms with Crippen molar-refractivity contribution in [1.82, 2.24) is 15.3 Å². The van der Waals surface area contributed by atoms with Gasteiger partial charge in [0.15, 0.2) is 0 Å². The van der Waals surface area contributed by atoms with Gasteiger partial charge in [-0.25, -0.2) is 4.98 Å². The number of aromatic nitrogens is 2. The summed E-state index contributed by atoms with van der Waals surface area (Å²) in [5.41, 5.74) is 1.65. The van der Waals surface area contributed by atoms with Gasteiger partial charge in [-0.05, 0) is 12.1 Å². The first-order valence-electron chi connectivity index (χ1n) is 4.96. The molecule has 16 heavy (non-hydrogen) atoms. The molecule has 0 saturated heterocycles. The molecular formula is C11H12N4O. The summed E-state index contributed by atoms with van der Waals surface area (Å²) < 4.78 is 0. The number of hydrogen-bond acceptors (Lipinski definition) is 4. The molecule has 0 aliphatic heterocycles. The molecule has 1 amide bonds. The smallest absolute Gasteiger partial charge is 0.239 e. The Labute approximate surface area is 92.9 Å². The van der Waals surface area contributed by atoms with E-state index < -0.39 is 0 Å². The third-order valence-electron chi connectivity index (χ3n) is 2.16. The zero-order valence-corrected chi connectivity index (χ0v) is 8.90. The van der Waals surface area contributed by atoms with Crippen LogP contribution in [0, 0.1) is 0 Å². The summed E-state index contributed by atoms with van der Waals surface area (Å²) in [6, 6.07) is 7.59. The lowest BCUT2D eigenvalue weighted by Crippen LogP contribution is -2.26. The molecule has 0 fully saturated rings. The number of benzene rings is 1. The third kappa shape index (κ3) is 2.25. The van der Waals surface area contributed by atoms with E-state index in [1.54, 1.807) is 13.2 Å². The minimum absolute atomic E-state index is 0.0880. The molecule has 82 valence electrons. The van der Waals surface area contributed by atoms with Gasteiger partial charge in [-0.3, -0.25) is 9.78 Å². The van der Waals surface area contributed by atoms with Crippen molar-refractivity contribution < 1.29 is 4.79 Å². The van der Waals surface area contributed by atoms with Crippen LogP contribution in [-0.2, 0) is 4.79 Å². The Morgan fingerprint density at radius 1 is 1.31 bits per heavy atom. The molecule has 2 rings (SSSR count). The molecular weight excluding hydrogens is 204 g/mol. The summed E-state index contributed by atoms with van der Waals surface area (Å²) >= 11 is 0. The number of nitrogens with one attached hydrogen (secondary N) is 2. The van der Waals surface area contributed by atoms with E-state index in [1.807, 2.05) is 24.3 Å². The van der Waals surface area contributed by atoms with Gasteiger partial charge in [0.1, 0.15) is 5.82 Å². The molecule has 5 nitrogen and oxygen atoms in total. The van der Waals surface area contributed by atoms with E-state index in [0.717, 1.165) is 11.0 Å². The second kappa shape index (κ2) is 4.57. The predicted octanol–water partition coefficient (Wildman–Crippen LogP) is 0.788. The molecule has 0 atom stereocenters. The van der Waals surface area contributed by atoms with Crippen molar-refractivity contribution in [2.75, 3.05) is 18.9 Å². The maximum absolute atomic E-state index is 11.0. The van der Waals surface area contributed by atoms with Crippen LogP contribution in [-0.4, -0.2) is 29.5 Å². The van der Waals surface area contributed by atoms with Crippen LogP contribution in [0.15, 0.2) is 30.5 Å². The molecule has 0 bridgehead atoms. The van der Waals surface area contributed by atoms with E-state index in [0.29, 0.717) is 5.82 Å². The first-order chi connectivity index (χ1) is 7.79. The molecule has 0 unspecified atom stereocenters. The average Bonchev–Trinajstić information content (AvgIpc) is 2.35. The number of anilines is 1. The topological polar surface area (TPSA) is 66.9 Å². The van der Waals surface area contributed by atoms with Gasteiger partial charge in [-0.1, -0.05) is 12.1 Å². The number of carbonyl (C=O) groups excluding carboxylic acids is 1. The van der Waals surface area contributed by atoms with Gasteiger partial charge in [0.25, 0.3) is 0 Å². The fourth-order valence-electron chi connectivity index (χ4n) is 1.30. The van der Waals surface area contributed by atoms with Crippen molar-refractivity contribution in [3.8, 4) is 0 Å².